The molecule has 5 heteroatoms. The second kappa shape index (κ2) is 7.83. The van der Waals surface area contributed by atoms with E-state index in [4.69, 9.17) is 9.47 Å². The second-order valence-corrected chi connectivity index (χ2v) is 4.61. The average molecular weight is 299 g/mol. The second-order valence-electron chi connectivity index (χ2n) is 4.61. The third kappa shape index (κ3) is 4.63. The zero-order chi connectivity index (χ0) is 15.8. The van der Waals surface area contributed by atoms with Gasteiger partial charge in [-0.15, -0.1) is 0 Å². The summed E-state index contributed by atoms with van der Waals surface area (Å²) in [6, 6.07) is 14.1. The van der Waals surface area contributed by atoms with Crippen LogP contribution in [0.25, 0.3) is 0 Å². The molecule has 1 amide bonds. The van der Waals surface area contributed by atoms with Gasteiger partial charge in [0.05, 0.1) is 7.11 Å². The normalized spacial score (nSPS) is 9.86. The van der Waals surface area contributed by atoms with Crippen LogP contribution < -0.4 is 14.8 Å². The van der Waals surface area contributed by atoms with Crippen molar-refractivity contribution in [2.75, 3.05) is 13.7 Å². The molecule has 0 fully saturated rings. The fourth-order valence-corrected chi connectivity index (χ4v) is 1.86. The first-order valence-electron chi connectivity index (χ1n) is 6.79. The lowest BCUT2D eigenvalue weighted by Gasteiger charge is -2.08. The summed E-state index contributed by atoms with van der Waals surface area (Å²) in [7, 11) is 1.60. The predicted octanol–water partition coefficient (Wildman–Crippen LogP) is 2.20. The van der Waals surface area contributed by atoms with E-state index in [1.165, 1.54) is 0 Å². The maximum absolute atomic E-state index is 11.8. The first-order chi connectivity index (χ1) is 10.7. The molecule has 0 aromatic heterocycles. The molecule has 0 aliphatic rings. The molecule has 0 spiro atoms. The number of benzene rings is 2. The minimum Gasteiger partial charge on any atom is -0.497 e. The van der Waals surface area contributed by atoms with E-state index in [1.807, 2.05) is 24.3 Å². The minimum atomic E-state index is -0.237. The highest BCUT2D eigenvalue weighted by Gasteiger charge is 2.04. The Bertz CT molecular complexity index is 655. The van der Waals surface area contributed by atoms with Gasteiger partial charge in [0.1, 0.15) is 17.8 Å². The van der Waals surface area contributed by atoms with Crippen molar-refractivity contribution in [3.05, 3.63) is 59.7 Å². The van der Waals surface area contributed by atoms with Gasteiger partial charge in [0.2, 0.25) is 0 Å². The maximum Gasteiger partial charge on any atom is 0.258 e. The highest BCUT2D eigenvalue weighted by molar-refractivity contribution is 5.78. The zero-order valence-electron chi connectivity index (χ0n) is 12.2. The smallest absolute Gasteiger partial charge is 0.258 e. The van der Waals surface area contributed by atoms with Crippen LogP contribution in [-0.4, -0.2) is 25.9 Å². The summed E-state index contributed by atoms with van der Waals surface area (Å²) in [5.74, 6) is 0.995. The van der Waals surface area contributed by atoms with Crippen LogP contribution in [0.5, 0.6) is 11.5 Å². The zero-order valence-corrected chi connectivity index (χ0v) is 12.2. The summed E-state index contributed by atoms with van der Waals surface area (Å²) in [6.07, 6.45) is 0.732. The van der Waals surface area contributed by atoms with E-state index in [9.17, 15) is 9.59 Å². The Balaban J connectivity index is 1.81. The molecule has 0 aliphatic carbocycles. The number of hydrogen-bond acceptors (Lipinski definition) is 4. The topological polar surface area (TPSA) is 64.6 Å². The van der Waals surface area contributed by atoms with Gasteiger partial charge in [0, 0.05) is 12.1 Å². The Hall–Kier alpha value is -2.82. The van der Waals surface area contributed by atoms with E-state index in [1.54, 1.807) is 31.4 Å². The maximum atomic E-state index is 11.8. The first-order valence-corrected chi connectivity index (χ1v) is 6.79. The molecular formula is C17H17NO4. The van der Waals surface area contributed by atoms with Crippen LogP contribution in [0, 0.1) is 0 Å². The van der Waals surface area contributed by atoms with Crippen molar-refractivity contribution in [3.63, 3.8) is 0 Å². The summed E-state index contributed by atoms with van der Waals surface area (Å²) in [4.78, 5) is 22.4. The van der Waals surface area contributed by atoms with Crippen LogP contribution in [0.1, 0.15) is 15.9 Å². The highest BCUT2D eigenvalue weighted by Crippen LogP contribution is 2.13. The van der Waals surface area contributed by atoms with Crippen molar-refractivity contribution in [2.24, 2.45) is 0 Å². The molecule has 0 unspecified atom stereocenters. The Morgan fingerprint density at radius 3 is 2.68 bits per heavy atom. The van der Waals surface area contributed by atoms with Gasteiger partial charge in [0.15, 0.2) is 6.61 Å². The molecule has 0 bridgehead atoms. The molecule has 0 saturated carbocycles. The SMILES string of the molecule is COc1cccc(CNC(=O)COc2cccc(C=O)c2)c1. The van der Waals surface area contributed by atoms with E-state index < -0.39 is 0 Å². The first kappa shape index (κ1) is 15.6. The van der Waals surface area contributed by atoms with Gasteiger partial charge in [-0.1, -0.05) is 24.3 Å². The molecule has 0 atom stereocenters. The molecule has 22 heavy (non-hydrogen) atoms. The van der Waals surface area contributed by atoms with Crippen molar-refractivity contribution in [3.8, 4) is 11.5 Å². The number of nitrogens with one attached hydrogen (secondary N) is 1. The summed E-state index contributed by atoms with van der Waals surface area (Å²) in [5, 5.41) is 2.76. The number of methoxy groups -OCH3 is 1. The van der Waals surface area contributed by atoms with Crippen LogP contribution >= 0.6 is 0 Å². The van der Waals surface area contributed by atoms with Gasteiger partial charge in [-0.3, -0.25) is 9.59 Å². The van der Waals surface area contributed by atoms with Crippen LogP contribution in [-0.2, 0) is 11.3 Å². The molecule has 5 nitrogen and oxygen atoms in total. The Labute approximate surface area is 128 Å². The standard InChI is InChI=1S/C17H17NO4/c1-21-15-6-2-4-13(8-15)10-18-17(20)12-22-16-7-3-5-14(9-16)11-19/h2-9,11H,10,12H2,1H3,(H,18,20). The summed E-state index contributed by atoms with van der Waals surface area (Å²) in [6.45, 7) is 0.292. The number of ether oxygens (including phenoxy) is 2. The largest absolute Gasteiger partial charge is 0.497 e. The van der Waals surface area contributed by atoms with E-state index >= 15 is 0 Å². The van der Waals surface area contributed by atoms with E-state index in [0.717, 1.165) is 17.6 Å². The van der Waals surface area contributed by atoms with Gasteiger partial charge in [-0.25, -0.2) is 0 Å². The van der Waals surface area contributed by atoms with Gasteiger partial charge >= 0.3 is 0 Å². The molecule has 1 N–H and O–H groups in total. The van der Waals surface area contributed by atoms with Gasteiger partial charge in [-0.05, 0) is 29.8 Å². The third-order valence-corrected chi connectivity index (χ3v) is 2.99. The quantitative estimate of drug-likeness (QED) is 0.796. The van der Waals surface area contributed by atoms with Gasteiger partial charge < -0.3 is 14.8 Å². The Morgan fingerprint density at radius 2 is 1.91 bits per heavy atom. The van der Waals surface area contributed by atoms with Gasteiger partial charge in [-0.2, -0.15) is 0 Å². The number of amides is 1. The minimum absolute atomic E-state index is 0.105. The summed E-state index contributed by atoms with van der Waals surface area (Å²) < 4.78 is 10.5. The van der Waals surface area contributed by atoms with E-state index in [2.05, 4.69) is 5.32 Å². The van der Waals surface area contributed by atoms with Crippen LogP contribution in [0.15, 0.2) is 48.5 Å². The van der Waals surface area contributed by atoms with Crippen LogP contribution in [0.4, 0.5) is 0 Å². The molecule has 114 valence electrons. The highest BCUT2D eigenvalue weighted by atomic mass is 16.5. The number of rotatable bonds is 7. The van der Waals surface area contributed by atoms with E-state index in [0.29, 0.717) is 17.9 Å². The molecule has 0 aliphatic heterocycles. The van der Waals surface area contributed by atoms with Crippen molar-refractivity contribution in [2.45, 2.75) is 6.54 Å². The van der Waals surface area contributed by atoms with Crippen molar-refractivity contribution in [1.29, 1.82) is 0 Å². The monoisotopic (exact) mass is 299 g/mol. The number of carbonyl (C=O) groups is 2. The molecule has 2 rings (SSSR count). The number of carbonyl (C=O) groups excluding carboxylic acids is 2. The molecule has 2 aromatic rings. The third-order valence-electron chi connectivity index (χ3n) is 2.99. The fourth-order valence-electron chi connectivity index (χ4n) is 1.86. The Kier molecular flexibility index (Phi) is 5.54. The lowest BCUT2D eigenvalue weighted by Crippen LogP contribution is -2.28. The summed E-state index contributed by atoms with van der Waals surface area (Å²) in [5.41, 5.74) is 1.45. The fraction of sp³-hybridized carbons (Fsp3) is 0.176. The summed E-state index contributed by atoms with van der Waals surface area (Å²) >= 11 is 0. The predicted molar refractivity (Wildman–Crippen MR) is 82.2 cm³/mol. The molecule has 0 saturated heterocycles. The molecule has 0 radical (unpaired) electrons. The average Bonchev–Trinajstić information content (AvgIpc) is 2.58. The van der Waals surface area contributed by atoms with Crippen molar-refractivity contribution in [1.82, 2.24) is 5.32 Å². The molecule has 2 aromatic carbocycles. The van der Waals surface area contributed by atoms with Gasteiger partial charge in [0.25, 0.3) is 5.91 Å². The lowest BCUT2D eigenvalue weighted by molar-refractivity contribution is -0.123. The number of hydrogen-bond donors (Lipinski definition) is 1. The van der Waals surface area contributed by atoms with Crippen LogP contribution in [0.2, 0.25) is 0 Å². The Morgan fingerprint density at radius 1 is 1.14 bits per heavy atom. The molecular weight excluding hydrogens is 282 g/mol. The van der Waals surface area contributed by atoms with Crippen molar-refractivity contribution < 1.29 is 19.1 Å². The van der Waals surface area contributed by atoms with Crippen LogP contribution in [0.3, 0.4) is 0 Å². The van der Waals surface area contributed by atoms with E-state index in [-0.39, 0.29) is 12.5 Å². The number of aldehydes is 1. The lowest BCUT2D eigenvalue weighted by atomic mass is 10.2. The van der Waals surface area contributed by atoms with Crippen molar-refractivity contribution >= 4 is 12.2 Å². The molecule has 0 heterocycles.